The summed E-state index contributed by atoms with van der Waals surface area (Å²) in [5.74, 6) is 1.63. The third kappa shape index (κ3) is 5.56. The molecule has 0 spiro atoms. The number of aliphatic imine (C=N–C) groups is 1. The number of hydrogen-bond acceptors (Lipinski definition) is 3. The Labute approximate surface area is 150 Å². The largest absolute Gasteiger partial charge is 0.487 e. The van der Waals surface area contributed by atoms with E-state index < -0.39 is 0 Å². The molecule has 1 unspecified atom stereocenters. The molecule has 1 heterocycles. The first kappa shape index (κ1) is 18.9. The van der Waals surface area contributed by atoms with Crippen LogP contribution in [0.15, 0.2) is 29.3 Å². The van der Waals surface area contributed by atoms with Crippen LogP contribution < -0.4 is 10.1 Å². The van der Waals surface area contributed by atoms with Crippen LogP contribution in [0, 0.1) is 0 Å². The molecule has 1 atom stereocenters. The molecule has 5 nitrogen and oxygen atoms in total. The summed E-state index contributed by atoms with van der Waals surface area (Å²) in [4.78, 5) is 6.66. The molecule has 1 aromatic rings. The molecule has 1 aliphatic heterocycles. The van der Waals surface area contributed by atoms with Gasteiger partial charge in [-0.15, -0.1) is 0 Å². The molecular weight excluding hydrogens is 326 g/mol. The number of halogens is 1. The molecule has 1 fully saturated rings. The van der Waals surface area contributed by atoms with E-state index >= 15 is 0 Å². The maximum atomic E-state index is 6.13. The second-order valence-corrected chi connectivity index (χ2v) is 6.34. The summed E-state index contributed by atoms with van der Waals surface area (Å²) >= 11 is 6.13. The first-order valence-corrected chi connectivity index (χ1v) is 9.00. The topological polar surface area (TPSA) is 46.1 Å². The molecular formula is C18H28ClN3O2. The molecule has 1 aliphatic rings. The van der Waals surface area contributed by atoms with Crippen LogP contribution in [0.3, 0.4) is 0 Å². The number of likely N-dealkylation sites (tertiary alicyclic amines) is 1. The van der Waals surface area contributed by atoms with Crippen molar-refractivity contribution < 1.29 is 9.47 Å². The lowest BCUT2D eigenvalue weighted by molar-refractivity contribution is 0.0263. The van der Waals surface area contributed by atoms with Crippen LogP contribution in [0.25, 0.3) is 0 Å². The van der Waals surface area contributed by atoms with Crippen molar-refractivity contribution >= 4 is 17.6 Å². The molecule has 24 heavy (non-hydrogen) atoms. The van der Waals surface area contributed by atoms with Gasteiger partial charge in [0, 0.05) is 26.7 Å². The summed E-state index contributed by atoms with van der Waals surface area (Å²) in [6.07, 6.45) is 2.45. The molecule has 1 saturated heterocycles. The van der Waals surface area contributed by atoms with E-state index in [0.29, 0.717) is 23.4 Å². The predicted molar refractivity (Wildman–Crippen MR) is 99.1 cm³/mol. The summed E-state index contributed by atoms with van der Waals surface area (Å²) in [6, 6.07) is 7.53. The van der Waals surface area contributed by atoms with E-state index in [1.807, 2.05) is 45.2 Å². The zero-order valence-corrected chi connectivity index (χ0v) is 15.6. The van der Waals surface area contributed by atoms with Crippen molar-refractivity contribution in [3.8, 4) is 5.75 Å². The highest BCUT2D eigenvalue weighted by Gasteiger charge is 2.21. The van der Waals surface area contributed by atoms with E-state index in [9.17, 15) is 0 Å². The van der Waals surface area contributed by atoms with Gasteiger partial charge in [-0.1, -0.05) is 23.7 Å². The van der Waals surface area contributed by atoms with Crippen molar-refractivity contribution in [2.24, 2.45) is 4.99 Å². The Balaban J connectivity index is 1.78. The number of guanidine groups is 1. The van der Waals surface area contributed by atoms with Gasteiger partial charge in [0.05, 0.1) is 17.7 Å². The number of rotatable bonds is 6. The molecule has 1 N–H and O–H groups in total. The van der Waals surface area contributed by atoms with Crippen molar-refractivity contribution in [3.05, 3.63) is 29.3 Å². The van der Waals surface area contributed by atoms with Gasteiger partial charge in [0.1, 0.15) is 11.9 Å². The number of benzene rings is 1. The van der Waals surface area contributed by atoms with Crippen LogP contribution in [0.5, 0.6) is 5.75 Å². The van der Waals surface area contributed by atoms with Gasteiger partial charge in [-0.05, 0) is 38.8 Å². The lowest BCUT2D eigenvalue weighted by Gasteiger charge is -2.34. The van der Waals surface area contributed by atoms with E-state index in [-0.39, 0.29) is 6.10 Å². The number of nitrogens with one attached hydrogen (secondary N) is 1. The van der Waals surface area contributed by atoms with Gasteiger partial charge >= 0.3 is 0 Å². The third-order valence-electron chi connectivity index (χ3n) is 4.07. The Morgan fingerprint density at radius 2 is 2.08 bits per heavy atom. The van der Waals surface area contributed by atoms with Crippen LogP contribution in [-0.4, -0.2) is 56.4 Å². The highest BCUT2D eigenvalue weighted by molar-refractivity contribution is 6.32. The molecule has 0 radical (unpaired) electrons. The summed E-state index contributed by atoms with van der Waals surface area (Å²) in [5.41, 5.74) is 0. The molecule has 0 aromatic heterocycles. The van der Waals surface area contributed by atoms with Crippen LogP contribution >= 0.6 is 11.6 Å². The van der Waals surface area contributed by atoms with Gasteiger partial charge in [-0.3, -0.25) is 4.99 Å². The molecule has 0 bridgehead atoms. The Bertz CT molecular complexity index is 531. The lowest BCUT2D eigenvalue weighted by Crippen LogP contribution is -2.48. The van der Waals surface area contributed by atoms with E-state index in [4.69, 9.17) is 21.1 Å². The first-order valence-electron chi connectivity index (χ1n) is 8.62. The Morgan fingerprint density at radius 3 is 2.71 bits per heavy atom. The van der Waals surface area contributed by atoms with E-state index in [1.54, 1.807) is 0 Å². The van der Waals surface area contributed by atoms with Crippen LogP contribution in [0.4, 0.5) is 0 Å². The molecule has 0 amide bonds. The minimum absolute atomic E-state index is 0.0115. The fraction of sp³-hybridized carbons (Fsp3) is 0.611. The fourth-order valence-corrected chi connectivity index (χ4v) is 3.02. The molecule has 1 aromatic carbocycles. The second kappa shape index (κ2) is 9.74. The molecule has 0 saturated carbocycles. The Kier molecular flexibility index (Phi) is 7.66. The van der Waals surface area contributed by atoms with E-state index in [1.165, 1.54) is 0 Å². The zero-order valence-electron chi connectivity index (χ0n) is 14.8. The average Bonchev–Trinajstić information content (AvgIpc) is 2.59. The number of hydrogen-bond donors (Lipinski definition) is 1. The van der Waals surface area contributed by atoms with Gasteiger partial charge in [-0.2, -0.15) is 0 Å². The summed E-state index contributed by atoms with van der Waals surface area (Å²) in [6.45, 7) is 7.45. The normalized spacial score (nSPS) is 17.7. The van der Waals surface area contributed by atoms with Crippen molar-refractivity contribution in [1.82, 2.24) is 10.2 Å². The van der Waals surface area contributed by atoms with Gasteiger partial charge < -0.3 is 19.7 Å². The van der Waals surface area contributed by atoms with E-state index in [0.717, 1.165) is 38.5 Å². The minimum Gasteiger partial charge on any atom is -0.487 e. The van der Waals surface area contributed by atoms with Gasteiger partial charge in [0.2, 0.25) is 0 Å². The highest BCUT2D eigenvalue weighted by Crippen LogP contribution is 2.24. The highest BCUT2D eigenvalue weighted by atomic mass is 35.5. The number of nitrogens with zero attached hydrogens (tertiary/aromatic N) is 2. The fourth-order valence-electron chi connectivity index (χ4n) is 2.84. The number of para-hydroxylation sites is 1. The minimum atomic E-state index is -0.0115. The van der Waals surface area contributed by atoms with Gasteiger partial charge in [0.25, 0.3) is 0 Å². The van der Waals surface area contributed by atoms with Gasteiger partial charge in [-0.25, -0.2) is 0 Å². The smallest absolute Gasteiger partial charge is 0.193 e. The second-order valence-electron chi connectivity index (χ2n) is 5.93. The Morgan fingerprint density at radius 1 is 1.38 bits per heavy atom. The van der Waals surface area contributed by atoms with Crippen molar-refractivity contribution in [3.63, 3.8) is 0 Å². The molecule has 0 aliphatic carbocycles. The Hall–Kier alpha value is -1.46. The van der Waals surface area contributed by atoms with Gasteiger partial charge in [0.15, 0.2) is 5.96 Å². The first-order chi connectivity index (χ1) is 11.6. The van der Waals surface area contributed by atoms with Crippen molar-refractivity contribution in [1.29, 1.82) is 0 Å². The van der Waals surface area contributed by atoms with E-state index in [2.05, 4.69) is 15.2 Å². The monoisotopic (exact) mass is 353 g/mol. The third-order valence-corrected chi connectivity index (χ3v) is 4.38. The summed E-state index contributed by atoms with van der Waals surface area (Å²) in [7, 11) is 1.82. The summed E-state index contributed by atoms with van der Waals surface area (Å²) < 4.78 is 11.6. The average molecular weight is 354 g/mol. The predicted octanol–water partition coefficient (Wildman–Crippen LogP) is 3.18. The van der Waals surface area contributed by atoms with Crippen LogP contribution in [0.2, 0.25) is 5.02 Å². The quantitative estimate of drug-likeness (QED) is 0.630. The maximum absolute atomic E-state index is 6.13. The SMILES string of the molecule is CCOC1CCN(C(=NC)NCC(C)Oc2ccccc2Cl)CC1. The standard InChI is InChI=1S/C18H28ClN3O2/c1-4-23-15-9-11-22(12-10-15)18(20-3)21-13-14(2)24-17-8-6-5-7-16(17)19/h5-8,14-15H,4,9-13H2,1-3H3,(H,20,21). The van der Waals surface area contributed by atoms with Crippen molar-refractivity contribution in [2.45, 2.75) is 38.9 Å². The number of piperidine rings is 1. The molecule has 2 rings (SSSR count). The molecule has 134 valence electrons. The van der Waals surface area contributed by atoms with Crippen LogP contribution in [-0.2, 0) is 4.74 Å². The number of ether oxygens (including phenoxy) is 2. The summed E-state index contributed by atoms with van der Waals surface area (Å²) in [5, 5.41) is 4.02. The lowest BCUT2D eigenvalue weighted by atomic mass is 10.1. The maximum Gasteiger partial charge on any atom is 0.193 e. The zero-order chi connectivity index (χ0) is 17.4. The van der Waals surface area contributed by atoms with Crippen molar-refractivity contribution in [2.75, 3.05) is 33.3 Å². The molecule has 6 heteroatoms. The van der Waals surface area contributed by atoms with Crippen LogP contribution in [0.1, 0.15) is 26.7 Å².